The van der Waals surface area contributed by atoms with E-state index in [0.29, 0.717) is 35.2 Å². The van der Waals surface area contributed by atoms with E-state index in [4.69, 9.17) is 23.7 Å². The number of benzene rings is 2. The maximum atomic E-state index is 13.4. The van der Waals surface area contributed by atoms with E-state index in [1.54, 1.807) is 19.2 Å². The van der Waals surface area contributed by atoms with Gasteiger partial charge in [0, 0.05) is 17.7 Å². The third-order valence-corrected chi connectivity index (χ3v) is 5.35. The number of phenols is 1. The maximum Gasteiger partial charge on any atom is 0.203 e. The van der Waals surface area contributed by atoms with Gasteiger partial charge in [-0.1, -0.05) is 0 Å². The summed E-state index contributed by atoms with van der Waals surface area (Å²) >= 11 is 0. The number of rotatable bonds is 4. The van der Waals surface area contributed by atoms with Crippen molar-refractivity contribution >= 4 is 5.78 Å². The van der Waals surface area contributed by atoms with Gasteiger partial charge in [-0.25, -0.2) is 0 Å². The van der Waals surface area contributed by atoms with Crippen LogP contribution in [0.3, 0.4) is 0 Å². The van der Waals surface area contributed by atoms with Crippen molar-refractivity contribution in [3.63, 3.8) is 0 Å². The fourth-order valence-corrected chi connectivity index (χ4v) is 3.98. The van der Waals surface area contributed by atoms with Crippen LogP contribution in [0.1, 0.15) is 21.5 Å². The van der Waals surface area contributed by atoms with Crippen molar-refractivity contribution < 1.29 is 33.6 Å². The van der Waals surface area contributed by atoms with Crippen molar-refractivity contribution in [3.05, 3.63) is 34.9 Å². The van der Waals surface area contributed by atoms with Crippen molar-refractivity contribution in [2.24, 2.45) is 0 Å². The molecule has 0 bridgehead atoms. The van der Waals surface area contributed by atoms with E-state index in [9.17, 15) is 9.90 Å². The van der Waals surface area contributed by atoms with Gasteiger partial charge in [0.2, 0.25) is 5.75 Å². The van der Waals surface area contributed by atoms with Gasteiger partial charge < -0.3 is 28.8 Å². The lowest BCUT2D eigenvalue weighted by molar-refractivity contribution is 0.0719. The van der Waals surface area contributed by atoms with Crippen LogP contribution < -0.4 is 23.7 Å². The zero-order chi connectivity index (χ0) is 19.3. The van der Waals surface area contributed by atoms with Crippen LogP contribution in [-0.4, -0.2) is 45.9 Å². The van der Waals surface area contributed by atoms with E-state index in [0.717, 1.165) is 11.1 Å². The molecule has 0 amide bonds. The Morgan fingerprint density at radius 2 is 1.74 bits per heavy atom. The van der Waals surface area contributed by atoms with Crippen LogP contribution in [0.2, 0.25) is 0 Å². The van der Waals surface area contributed by atoms with Crippen LogP contribution in [0.5, 0.6) is 34.5 Å². The summed E-state index contributed by atoms with van der Waals surface area (Å²) in [6, 6.07) is 4.80. The number of phenolic OH excluding ortho intramolecular Hbond substituents is 1. The molecule has 2 aromatic rings. The highest BCUT2D eigenvalue weighted by atomic mass is 16.5. The fraction of sp³-hybridized carbons (Fsp3) is 0.350. The first-order valence-corrected chi connectivity index (χ1v) is 8.41. The Hall–Kier alpha value is -3.09. The number of hydrogen-bond donors (Lipinski definition) is 1. The lowest BCUT2D eigenvalue weighted by Crippen LogP contribution is -2.53. The molecule has 2 aromatic carbocycles. The number of methoxy groups -OCH3 is 4. The van der Waals surface area contributed by atoms with Crippen molar-refractivity contribution in [3.8, 4) is 34.5 Å². The predicted molar refractivity (Wildman–Crippen MR) is 96.0 cm³/mol. The highest BCUT2D eigenvalue weighted by molar-refractivity contribution is 6.11. The summed E-state index contributed by atoms with van der Waals surface area (Å²) in [6.45, 7) is 0.164. The Morgan fingerprint density at radius 3 is 2.37 bits per heavy atom. The van der Waals surface area contributed by atoms with Crippen LogP contribution in [0.15, 0.2) is 18.2 Å². The van der Waals surface area contributed by atoms with Gasteiger partial charge in [0.05, 0.1) is 33.9 Å². The molecule has 1 heterocycles. The van der Waals surface area contributed by atoms with E-state index in [1.165, 1.54) is 27.4 Å². The van der Waals surface area contributed by atoms with E-state index in [1.807, 2.05) is 0 Å². The third kappa shape index (κ3) is 2.17. The molecule has 0 radical (unpaired) electrons. The molecule has 27 heavy (non-hydrogen) atoms. The highest BCUT2D eigenvalue weighted by Gasteiger charge is 2.55. The number of ketones is 1. The predicted octanol–water partition coefficient (Wildman–Crippen LogP) is 2.50. The van der Waals surface area contributed by atoms with Crippen molar-refractivity contribution in [1.29, 1.82) is 0 Å². The van der Waals surface area contributed by atoms with E-state index in [-0.39, 0.29) is 23.7 Å². The minimum Gasteiger partial charge on any atom is -0.507 e. The first-order valence-electron chi connectivity index (χ1n) is 8.41. The maximum absolute atomic E-state index is 13.4. The molecule has 1 aliphatic heterocycles. The lowest BCUT2D eigenvalue weighted by Gasteiger charge is -2.45. The summed E-state index contributed by atoms with van der Waals surface area (Å²) in [4.78, 5) is 13.4. The minimum absolute atomic E-state index is 0.158. The number of Topliss-reactive ketones (excluding diaryl/α,β-unsaturated/α-hetero) is 1. The normalized spacial score (nSPS) is 19.5. The summed E-state index contributed by atoms with van der Waals surface area (Å²) in [7, 11) is 6.11. The molecular weight excluding hydrogens is 352 g/mol. The molecule has 7 nitrogen and oxygen atoms in total. The Labute approximate surface area is 156 Å². The SMILES string of the molecule is COc1cc(O)c2c(c1)OCC1(Cc3c1cc(OC)c(OC)c3OC)C2=O. The van der Waals surface area contributed by atoms with Crippen molar-refractivity contribution in [1.82, 2.24) is 0 Å². The molecule has 0 aromatic heterocycles. The Morgan fingerprint density at radius 1 is 1.00 bits per heavy atom. The molecule has 1 unspecified atom stereocenters. The Kier molecular flexibility index (Phi) is 3.83. The quantitative estimate of drug-likeness (QED) is 0.883. The fourth-order valence-electron chi connectivity index (χ4n) is 3.98. The number of fused-ring (bicyclic) bond motifs is 3. The smallest absolute Gasteiger partial charge is 0.203 e. The van der Waals surface area contributed by atoms with Gasteiger partial charge in [0.25, 0.3) is 0 Å². The summed E-state index contributed by atoms with van der Waals surface area (Å²) in [5, 5.41) is 10.4. The van der Waals surface area contributed by atoms with E-state index < -0.39 is 5.41 Å². The van der Waals surface area contributed by atoms with Gasteiger partial charge in [0.15, 0.2) is 17.3 Å². The minimum atomic E-state index is -0.888. The molecule has 1 spiro atoms. The first-order chi connectivity index (χ1) is 13.0. The highest BCUT2D eigenvalue weighted by Crippen LogP contribution is 2.56. The molecule has 0 fully saturated rings. The standard InChI is InChI=1S/C20H20O7/c1-23-10-5-13(21)16-14(6-10)27-9-20(19(16)22)8-11-12(20)7-15(24-2)18(26-4)17(11)25-3/h5-7,21H,8-9H2,1-4H3. The second-order valence-electron chi connectivity index (χ2n) is 6.57. The summed E-state index contributed by atoms with van der Waals surface area (Å²) in [6.07, 6.45) is 0.426. The second-order valence-corrected chi connectivity index (χ2v) is 6.57. The van der Waals surface area contributed by atoms with E-state index in [2.05, 4.69) is 0 Å². The molecule has 0 saturated heterocycles. The van der Waals surface area contributed by atoms with Crippen molar-refractivity contribution in [2.75, 3.05) is 35.0 Å². The van der Waals surface area contributed by atoms with Gasteiger partial charge in [-0.3, -0.25) is 4.79 Å². The van der Waals surface area contributed by atoms with Crippen LogP contribution >= 0.6 is 0 Å². The topological polar surface area (TPSA) is 83.5 Å². The molecule has 142 valence electrons. The molecular formula is C20H20O7. The van der Waals surface area contributed by atoms with Crippen LogP contribution in [0.4, 0.5) is 0 Å². The van der Waals surface area contributed by atoms with Crippen molar-refractivity contribution in [2.45, 2.75) is 11.8 Å². The molecule has 1 atom stereocenters. The molecule has 1 aliphatic carbocycles. The van der Waals surface area contributed by atoms with E-state index >= 15 is 0 Å². The third-order valence-electron chi connectivity index (χ3n) is 5.35. The molecule has 2 aliphatic rings. The number of carbonyl (C=O) groups is 1. The molecule has 0 saturated carbocycles. The molecule has 4 rings (SSSR count). The monoisotopic (exact) mass is 372 g/mol. The number of ether oxygens (including phenoxy) is 5. The summed E-state index contributed by atoms with van der Waals surface area (Å²) in [5.41, 5.74) is 0.925. The van der Waals surface area contributed by atoms with Crippen LogP contribution in [0.25, 0.3) is 0 Å². The number of carbonyl (C=O) groups excluding carboxylic acids is 1. The zero-order valence-electron chi connectivity index (χ0n) is 15.5. The van der Waals surface area contributed by atoms with Crippen LogP contribution in [0, 0.1) is 0 Å². The largest absolute Gasteiger partial charge is 0.507 e. The van der Waals surface area contributed by atoms with Gasteiger partial charge >= 0.3 is 0 Å². The summed E-state index contributed by atoms with van der Waals surface area (Å²) in [5.74, 6) is 1.92. The lowest BCUT2D eigenvalue weighted by atomic mass is 9.59. The first kappa shape index (κ1) is 17.3. The molecule has 7 heteroatoms. The summed E-state index contributed by atoms with van der Waals surface area (Å²) < 4.78 is 27.3. The average Bonchev–Trinajstić information content (AvgIpc) is 2.67. The average molecular weight is 372 g/mol. The van der Waals surface area contributed by atoms with Gasteiger partial charge in [0.1, 0.15) is 29.4 Å². The molecule has 1 N–H and O–H groups in total. The van der Waals surface area contributed by atoms with Crippen LogP contribution in [-0.2, 0) is 11.8 Å². The van der Waals surface area contributed by atoms with Gasteiger partial charge in [-0.15, -0.1) is 0 Å². The number of aromatic hydroxyl groups is 1. The number of hydrogen-bond acceptors (Lipinski definition) is 7. The van der Waals surface area contributed by atoms with Gasteiger partial charge in [-0.2, -0.15) is 0 Å². The Bertz CT molecular complexity index is 950. The van der Waals surface area contributed by atoms with Gasteiger partial charge in [-0.05, 0) is 18.1 Å². The zero-order valence-corrected chi connectivity index (χ0v) is 15.5. The second kappa shape index (κ2) is 5.97. The Balaban J connectivity index is 1.85.